The quantitative estimate of drug-likeness (QED) is 0.787. The number of halogens is 1. The molecule has 0 spiro atoms. The number of anilines is 1. The van der Waals surface area contributed by atoms with Crippen LogP contribution in [0, 0.1) is 0 Å². The fraction of sp³-hybridized carbons (Fsp3) is 0.500. The van der Waals surface area contributed by atoms with E-state index in [2.05, 4.69) is 15.6 Å². The number of nitrogens with one attached hydrogen (secondary N) is 2. The highest BCUT2D eigenvalue weighted by Gasteiger charge is 2.12. The van der Waals surface area contributed by atoms with E-state index >= 15 is 0 Å². The van der Waals surface area contributed by atoms with Gasteiger partial charge in [0.15, 0.2) is 0 Å². The van der Waals surface area contributed by atoms with Crippen LogP contribution in [0.4, 0.5) is 5.82 Å². The van der Waals surface area contributed by atoms with Gasteiger partial charge < -0.3 is 20.1 Å². The van der Waals surface area contributed by atoms with Gasteiger partial charge in [-0.1, -0.05) is 11.6 Å². The third-order valence-electron chi connectivity index (χ3n) is 2.52. The van der Waals surface area contributed by atoms with E-state index in [4.69, 9.17) is 21.1 Å². The number of hydrogen-bond donors (Lipinski definition) is 2. The van der Waals surface area contributed by atoms with Crippen molar-refractivity contribution in [2.45, 2.75) is 6.10 Å². The molecule has 0 fully saturated rings. The van der Waals surface area contributed by atoms with Crippen LogP contribution in [0.25, 0.3) is 0 Å². The van der Waals surface area contributed by atoms with Gasteiger partial charge in [0.1, 0.15) is 5.82 Å². The lowest BCUT2D eigenvalue weighted by Gasteiger charge is -2.15. The summed E-state index contributed by atoms with van der Waals surface area (Å²) in [5.41, 5.74) is 0.399. The highest BCUT2D eigenvalue weighted by molar-refractivity contribution is 6.33. The van der Waals surface area contributed by atoms with Crippen molar-refractivity contribution >= 4 is 23.3 Å². The third kappa shape index (κ3) is 4.66. The molecule has 2 N–H and O–H groups in total. The van der Waals surface area contributed by atoms with E-state index in [1.165, 1.54) is 6.20 Å². The summed E-state index contributed by atoms with van der Waals surface area (Å²) in [5.74, 6) is 0.280. The molecule has 6 nitrogen and oxygen atoms in total. The van der Waals surface area contributed by atoms with Crippen LogP contribution in [0.15, 0.2) is 12.3 Å². The molecule has 0 saturated carbocycles. The fourth-order valence-electron chi connectivity index (χ4n) is 1.45. The minimum atomic E-state index is -0.254. The second kappa shape index (κ2) is 7.93. The molecule has 1 aromatic heterocycles. The fourth-order valence-corrected chi connectivity index (χ4v) is 1.71. The zero-order valence-electron chi connectivity index (χ0n) is 11.2. The Morgan fingerprint density at radius 2 is 2.26 bits per heavy atom. The number of rotatable bonds is 7. The molecular formula is C12H18ClN3O3. The van der Waals surface area contributed by atoms with E-state index < -0.39 is 0 Å². The topological polar surface area (TPSA) is 72.5 Å². The number of pyridine rings is 1. The molecule has 7 heteroatoms. The van der Waals surface area contributed by atoms with Crippen LogP contribution in [-0.2, 0) is 9.47 Å². The van der Waals surface area contributed by atoms with E-state index in [1.54, 1.807) is 27.3 Å². The lowest BCUT2D eigenvalue weighted by atomic mass is 10.2. The third-order valence-corrected chi connectivity index (χ3v) is 2.80. The first-order valence-electron chi connectivity index (χ1n) is 5.75. The molecule has 0 saturated heterocycles. The smallest absolute Gasteiger partial charge is 0.252 e. The van der Waals surface area contributed by atoms with Crippen LogP contribution in [0.2, 0.25) is 5.02 Å². The van der Waals surface area contributed by atoms with E-state index in [0.29, 0.717) is 29.6 Å². The molecule has 1 rings (SSSR count). The monoisotopic (exact) mass is 287 g/mol. The SMILES string of the molecule is CNc1ncc(C(=O)NCC(COC)OC)cc1Cl. The molecule has 0 aliphatic rings. The molecule has 1 aromatic rings. The molecule has 1 heterocycles. The summed E-state index contributed by atoms with van der Waals surface area (Å²) in [5, 5.41) is 5.96. The van der Waals surface area contributed by atoms with Crippen LogP contribution in [-0.4, -0.2) is 51.4 Å². The Morgan fingerprint density at radius 1 is 1.53 bits per heavy atom. The van der Waals surface area contributed by atoms with Crippen molar-refractivity contribution in [2.24, 2.45) is 0 Å². The van der Waals surface area contributed by atoms with E-state index in [-0.39, 0.29) is 12.0 Å². The number of carbonyl (C=O) groups excluding carboxylic acids is 1. The Labute approximate surface area is 117 Å². The number of methoxy groups -OCH3 is 2. The van der Waals surface area contributed by atoms with Gasteiger partial charge in [-0.05, 0) is 6.07 Å². The first kappa shape index (κ1) is 15.7. The molecule has 0 aromatic carbocycles. The lowest BCUT2D eigenvalue weighted by Crippen LogP contribution is -2.35. The van der Waals surface area contributed by atoms with Crippen LogP contribution < -0.4 is 10.6 Å². The van der Waals surface area contributed by atoms with Gasteiger partial charge in [0.25, 0.3) is 5.91 Å². The maximum Gasteiger partial charge on any atom is 0.252 e. The first-order chi connectivity index (χ1) is 9.12. The molecular weight excluding hydrogens is 270 g/mol. The minimum absolute atomic E-state index is 0.186. The highest BCUT2D eigenvalue weighted by Crippen LogP contribution is 2.19. The van der Waals surface area contributed by atoms with Gasteiger partial charge in [-0.2, -0.15) is 0 Å². The van der Waals surface area contributed by atoms with Gasteiger partial charge in [0, 0.05) is 34.0 Å². The molecule has 1 unspecified atom stereocenters. The zero-order valence-corrected chi connectivity index (χ0v) is 12.0. The Kier molecular flexibility index (Phi) is 6.55. The van der Waals surface area contributed by atoms with Crippen molar-refractivity contribution in [3.8, 4) is 0 Å². The molecule has 0 radical (unpaired) electrons. The maximum absolute atomic E-state index is 11.9. The van der Waals surface area contributed by atoms with Crippen LogP contribution >= 0.6 is 11.6 Å². The number of amides is 1. The van der Waals surface area contributed by atoms with Gasteiger partial charge in [0.2, 0.25) is 0 Å². The number of carbonyl (C=O) groups is 1. The molecule has 1 amide bonds. The Bertz CT molecular complexity index is 429. The second-order valence-electron chi connectivity index (χ2n) is 3.83. The van der Waals surface area contributed by atoms with Gasteiger partial charge >= 0.3 is 0 Å². The van der Waals surface area contributed by atoms with Crippen LogP contribution in [0.1, 0.15) is 10.4 Å². The predicted octanol–water partition coefficient (Wildman–Crippen LogP) is 1.17. The summed E-state index contributed by atoms with van der Waals surface area (Å²) in [7, 11) is 4.85. The number of ether oxygens (including phenoxy) is 2. The van der Waals surface area contributed by atoms with Crippen LogP contribution in [0.5, 0.6) is 0 Å². The predicted molar refractivity (Wildman–Crippen MR) is 73.8 cm³/mol. The van der Waals surface area contributed by atoms with Crippen LogP contribution in [0.3, 0.4) is 0 Å². The second-order valence-corrected chi connectivity index (χ2v) is 4.23. The standard InChI is InChI=1S/C12H18ClN3O3/c1-14-11-10(13)4-8(5-15-11)12(17)16-6-9(19-3)7-18-2/h4-5,9H,6-7H2,1-3H3,(H,14,15)(H,16,17). The number of hydrogen-bond acceptors (Lipinski definition) is 5. The van der Waals surface area contributed by atoms with Crippen molar-refractivity contribution in [3.05, 3.63) is 22.8 Å². The Balaban J connectivity index is 2.60. The normalized spacial score (nSPS) is 12.0. The first-order valence-corrected chi connectivity index (χ1v) is 6.13. The number of aromatic nitrogens is 1. The average molecular weight is 288 g/mol. The summed E-state index contributed by atoms with van der Waals surface area (Å²) in [4.78, 5) is 15.9. The maximum atomic E-state index is 11.9. The number of nitrogens with zero attached hydrogens (tertiary/aromatic N) is 1. The van der Waals surface area contributed by atoms with Crippen molar-refractivity contribution in [2.75, 3.05) is 39.7 Å². The summed E-state index contributed by atoms with van der Waals surface area (Å²) in [6, 6.07) is 1.56. The average Bonchev–Trinajstić information content (AvgIpc) is 2.42. The molecule has 19 heavy (non-hydrogen) atoms. The van der Waals surface area contributed by atoms with Gasteiger partial charge in [-0.15, -0.1) is 0 Å². The summed E-state index contributed by atoms with van der Waals surface area (Å²) < 4.78 is 10.1. The zero-order chi connectivity index (χ0) is 14.3. The lowest BCUT2D eigenvalue weighted by molar-refractivity contribution is 0.0285. The van der Waals surface area contributed by atoms with E-state index in [0.717, 1.165) is 0 Å². The van der Waals surface area contributed by atoms with Crippen molar-refractivity contribution < 1.29 is 14.3 Å². The summed E-state index contributed by atoms with van der Waals surface area (Å²) in [6.07, 6.45) is 1.28. The summed E-state index contributed by atoms with van der Waals surface area (Å²) >= 11 is 5.96. The largest absolute Gasteiger partial charge is 0.382 e. The Hall–Kier alpha value is -1.37. The molecule has 0 bridgehead atoms. The Morgan fingerprint density at radius 3 is 2.79 bits per heavy atom. The van der Waals surface area contributed by atoms with E-state index in [1.807, 2.05) is 0 Å². The molecule has 1 atom stereocenters. The van der Waals surface area contributed by atoms with Gasteiger partial charge in [-0.3, -0.25) is 4.79 Å². The summed E-state index contributed by atoms with van der Waals surface area (Å²) in [6.45, 7) is 0.767. The highest BCUT2D eigenvalue weighted by atomic mass is 35.5. The van der Waals surface area contributed by atoms with Crippen molar-refractivity contribution in [1.29, 1.82) is 0 Å². The van der Waals surface area contributed by atoms with Gasteiger partial charge in [0.05, 0.1) is 23.3 Å². The molecule has 0 aliphatic carbocycles. The van der Waals surface area contributed by atoms with Crippen molar-refractivity contribution in [3.63, 3.8) is 0 Å². The minimum Gasteiger partial charge on any atom is -0.382 e. The van der Waals surface area contributed by atoms with E-state index in [9.17, 15) is 4.79 Å². The molecule has 106 valence electrons. The molecule has 0 aliphatic heterocycles. The van der Waals surface area contributed by atoms with Crippen molar-refractivity contribution in [1.82, 2.24) is 10.3 Å². The van der Waals surface area contributed by atoms with Gasteiger partial charge in [-0.25, -0.2) is 4.98 Å².